The van der Waals surface area contributed by atoms with Gasteiger partial charge in [0.1, 0.15) is 0 Å². The third-order valence-electron chi connectivity index (χ3n) is 1.65. The molecule has 1 aromatic rings. The van der Waals surface area contributed by atoms with E-state index in [-0.39, 0.29) is 5.75 Å². The van der Waals surface area contributed by atoms with E-state index in [9.17, 15) is 8.42 Å². The average Bonchev–Trinajstić information content (AvgIpc) is 2.52. The Balaban J connectivity index is 2.75. The minimum atomic E-state index is -3.20. The first-order chi connectivity index (χ1) is 6.07. The fourth-order valence-electron chi connectivity index (χ4n) is 0.827. The van der Waals surface area contributed by atoms with E-state index in [1.807, 2.05) is 6.92 Å². The summed E-state index contributed by atoms with van der Waals surface area (Å²) < 4.78 is 24.6. The Morgan fingerprint density at radius 2 is 2.23 bits per heavy atom. The Kier molecular flexibility index (Phi) is 2.92. The zero-order chi connectivity index (χ0) is 9.90. The third kappa shape index (κ3) is 2.73. The second-order valence-corrected chi connectivity index (χ2v) is 4.65. The van der Waals surface area contributed by atoms with Crippen LogP contribution in [-0.2, 0) is 16.4 Å². The topological polar surface area (TPSA) is 74.8 Å². The molecule has 0 atom stereocenters. The Hall–Kier alpha value is -1.04. The predicted octanol–water partition coefficient (Wildman–Crippen LogP) is 0.734. The van der Waals surface area contributed by atoms with E-state index >= 15 is 0 Å². The predicted molar refractivity (Wildman–Crippen MR) is 51.0 cm³/mol. The molecule has 2 N–H and O–H groups in total. The van der Waals surface area contributed by atoms with Crippen molar-refractivity contribution in [1.29, 1.82) is 0 Å². The van der Waals surface area contributed by atoms with E-state index in [1.165, 1.54) is 0 Å². The van der Waals surface area contributed by atoms with Crippen molar-refractivity contribution in [1.82, 2.24) is 10.2 Å². The molecule has 0 bridgehead atoms. The molecule has 1 heterocycles. The summed E-state index contributed by atoms with van der Waals surface area (Å²) in [5.74, 6) is 0.417. The van der Waals surface area contributed by atoms with Crippen LogP contribution in [0, 0.1) is 0 Å². The molecule has 13 heavy (non-hydrogen) atoms. The summed E-state index contributed by atoms with van der Waals surface area (Å²) in [4.78, 5) is 0. The molecule has 0 fully saturated rings. The summed E-state index contributed by atoms with van der Waals surface area (Å²) in [6.07, 6.45) is 0.806. The number of H-pyrrole nitrogens is 1. The highest BCUT2D eigenvalue weighted by molar-refractivity contribution is 7.92. The molecule has 0 aliphatic carbocycles. The number of sulfonamides is 1. The van der Waals surface area contributed by atoms with Crippen LogP contribution in [-0.4, -0.2) is 24.4 Å². The van der Waals surface area contributed by atoms with Gasteiger partial charge in [0.25, 0.3) is 0 Å². The lowest BCUT2D eigenvalue weighted by atomic mass is 10.3. The first-order valence-electron chi connectivity index (χ1n) is 4.12. The van der Waals surface area contributed by atoms with E-state index in [0.29, 0.717) is 5.82 Å². The number of aromatic amines is 1. The quantitative estimate of drug-likeness (QED) is 0.757. The molecule has 0 aliphatic rings. The fourth-order valence-corrected chi connectivity index (χ4v) is 1.39. The van der Waals surface area contributed by atoms with E-state index < -0.39 is 10.0 Å². The molecule has 0 saturated heterocycles. The lowest BCUT2D eigenvalue weighted by Crippen LogP contribution is -2.14. The van der Waals surface area contributed by atoms with Gasteiger partial charge < -0.3 is 0 Å². The van der Waals surface area contributed by atoms with E-state index in [4.69, 9.17) is 0 Å². The highest BCUT2D eigenvalue weighted by Gasteiger charge is 2.08. The van der Waals surface area contributed by atoms with Gasteiger partial charge in [-0.2, -0.15) is 5.10 Å². The molecule has 0 saturated carbocycles. The zero-order valence-electron chi connectivity index (χ0n) is 7.66. The smallest absolute Gasteiger partial charge is 0.233 e. The molecule has 74 valence electrons. The highest BCUT2D eigenvalue weighted by Crippen LogP contribution is 2.07. The monoisotopic (exact) mass is 203 g/mol. The van der Waals surface area contributed by atoms with E-state index in [1.54, 1.807) is 13.0 Å². The third-order valence-corrected chi connectivity index (χ3v) is 2.93. The Bertz CT molecular complexity index is 369. The van der Waals surface area contributed by atoms with E-state index in [0.717, 1.165) is 12.1 Å². The van der Waals surface area contributed by atoms with Crippen LogP contribution in [0.25, 0.3) is 0 Å². The normalized spacial score (nSPS) is 11.5. The van der Waals surface area contributed by atoms with Gasteiger partial charge in [0.05, 0.1) is 5.75 Å². The lowest BCUT2D eigenvalue weighted by molar-refractivity contribution is 0.602. The SMILES string of the molecule is CCc1cc(NS(=O)(=O)CC)n[nH]1. The van der Waals surface area contributed by atoms with Crippen molar-refractivity contribution < 1.29 is 8.42 Å². The summed E-state index contributed by atoms with van der Waals surface area (Å²) in [7, 11) is -3.20. The first-order valence-corrected chi connectivity index (χ1v) is 5.77. The molecule has 0 aromatic carbocycles. The van der Waals surface area contributed by atoms with Gasteiger partial charge in [0, 0.05) is 11.8 Å². The van der Waals surface area contributed by atoms with Gasteiger partial charge in [-0.15, -0.1) is 0 Å². The molecule has 6 heteroatoms. The summed E-state index contributed by atoms with van der Waals surface area (Å²) in [5.41, 5.74) is 0.911. The first kappa shape index (κ1) is 10.0. The minimum Gasteiger partial charge on any atom is -0.280 e. The van der Waals surface area contributed by atoms with Gasteiger partial charge in [0.2, 0.25) is 10.0 Å². The van der Waals surface area contributed by atoms with Crippen LogP contribution in [0.15, 0.2) is 6.07 Å². The second-order valence-electron chi connectivity index (χ2n) is 2.64. The van der Waals surface area contributed by atoms with Crippen molar-refractivity contribution in [2.75, 3.05) is 10.5 Å². The summed E-state index contributed by atoms with van der Waals surface area (Å²) in [6.45, 7) is 3.54. The standard InChI is InChI=1S/C7H13N3O2S/c1-3-6-5-7(9-8-6)10-13(11,12)4-2/h5H,3-4H2,1-2H3,(H2,8,9,10). The molecule has 0 amide bonds. The molecular weight excluding hydrogens is 190 g/mol. The van der Waals surface area contributed by atoms with Crippen LogP contribution >= 0.6 is 0 Å². The second kappa shape index (κ2) is 3.78. The van der Waals surface area contributed by atoms with Crippen LogP contribution in [0.1, 0.15) is 19.5 Å². The van der Waals surface area contributed by atoms with Gasteiger partial charge in [-0.05, 0) is 13.3 Å². The molecule has 0 unspecified atom stereocenters. The molecule has 1 aromatic heterocycles. The highest BCUT2D eigenvalue weighted by atomic mass is 32.2. The van der Waals surface area contributed by atoms with E-state index in [2.05, 4.69) is 14.9 Å². The van der Waals surface area contributed by atoms with Crippen molar-refractivity contribution >= 4 is 15.8 Å². The molecular formula is C7H13N3O2S. The number of rotatable bonds is 4. The number of hydrogen-bond donors (Lipinski definition) is 2. The summed E-state index contributed by atoms with van der Waals surface area (Å²) >= 11 is 0. The maximum Gasteiger partial charge on any atom is 0.233 e. The van der Waals surface area contributed by atoms with Crippen molar-refractivity contribution in [3.05, 3.63) is 11.8 Å². The Morgan fingerprint density at radius 1 is 1.54 bits per heavy atom. The Morgan fingerprint density at radius 3 is 2.69 bits per heavy atom. The number of aryl methyl sites for hydroxylation is 1. The number of nitrogens with zero attached hydrogens (tertiary/aromatic N) is 1. The van der Waals surface area contributed by atoms with Crippen molar-refractivity contribution in [3.63, 3.8) is 0 Å². The maximum atomic E-state index is 11.1. The fraction of sp³-hybridized carbons (Fsp3) is 0.571. The van der Waals surface area contributed by atoms with Crippen LogP contribution < -0.4 is 4.72 Å². The number of anilines is 1. The van der Waals surface area contributed by atoms with Crippen LogP contribution in [0.2, 0.25) is 0 Å². The molecule has 0 spiro atoms. The summed E-state index contributed by atoms with van der Waals surface area (Å²) in [5, 5.41) is 6.53. The molecule has 0 aliphatic heterocycles. The average molecular weight is 203 g/mol. The lowest BCUT2D eigenvalue weighted by Gasteiger charge is -1.99. The zero-order valence-corrected chi connectivity index (χ0v) is 8.48. The van der Waals surface area contributed by atoms with Crippen molar-refractivity contribution in [2.45, 2.75) is 20.3 Å². The van der Waals surface area contributed by atoms with Crippen molar-refractivity contribution in [3.8, 4) is 0 Å². The minimum absolute atomic E-state index is 0.0569. The molecule has 1 rings (SSSR count). The van der Waals surface area contributed by atoms with Crippen LogP contribution in [0.4, 0.5) is 5.82 Å². The van der Waals surface area contributed by atoms with Crippen LogP contribution in [0.5, 0.6) is 0 Å². The summed E-state index contributed by atoms with van der Waals surface area (Å²) in [6, 6.07) is 1.69. The number of aromatic nitrogens is 2. The number of nitrogens with one attached hydrogen (secondary N) is 2. The van der Waals surface area contributed by atoms with Gasteiger partial charge in [-0.25, -0.2) is 8.42 Å². The van der Waals surface area contributed by atoms with Gasteiger partial charge >= 0.3 is 0 Å². The van der Waals surface area contributed by atoms with Crippen molar-refractivity contribution in [2.24, 2.45) is 0 Å². The van der Waals surface area contributed by atoms with Gasteiger partial charge in [-0.1, -0.05) is 6.92 Å². The number of hydrogen-bond acceptors (Lipinski definition) is 3. The molecule has 5 nitrogen and oxygen atoms in total. The Labute approximate surface area is 77.6 Å². The largest absolute Gasteiger partial charge is 0.280 e. The van der Waals surface area contributed by atoms with Gasteiger partial charge in [0.15, 0.2) is 5.82 Å². The maximum absolute atomic E-state index is 11.1. The van der Waals surface area contributed by atoms with Gasteiger partial charge in [-0.3, -0.25) is 9.82 Å². The molecule has 0 radical (unpaired) electrons. The van der Waals surface area contributed by atoms with Crippen LogP contribution in [0.3, 0.4) is 0 Å².